The first-order valence-electron chi connectivity index (χ1n) is 9.50. The van der Waals surface area contributed by atoms with Gasteiger partial charge in [0.1, 0.15) is 11.5 Å². The fraction of sp³-hybridized carbons (Fsp3) is 0.409. The predicted molar refractivity (Wildman–Crippen MR) is 106 cm³/mol. The summed E-state index contributed by atoms with van der Waals surface area (Å²) in [4.78, 5) is 12.4. The molecule has 0 atom stereocenters. The molecule has 0 unspecified atom stereocenters. The first-order valence-corrected chi connectivity index (χ1v) is 9.50. The lowest BCUT2D eigenvalue weighted by Gasteiger charge is -2.10. The van der Waals surface area contributed by atoms with Crippen LogP contribution >= 0.6 is 0 Å². The van der Waals surface area contributed by atoms with E-state index in [9.17, 15) is 4.79 Å². The Balaban J connectivity index is 1.87. The van der Waals surface area contributed by atoms with Gasteiger partial charge in [-0.05, 0) is 49.2 Å². The van der Waals surface area contributed by atoms with Gasteiger partial charge in [0.2, 0.25) is 0 Å². The number of benzene rings is 2. The number of anilines is 1. The van der Waals surface area contributed by atoms with E-state index in [1.807, 2.05) is 36.4 Å². The third kappa shape index (κ3) is 6.79. The van der Waals surface area contributed by atoms with Gasteiger partial charge in [-0.15, -0.1) is 0 Å². The number of hydrogen-bond donors (Lipinski definition) is 1. The van der Waals surface area contributed by atoms with E-state index in [2.05, 4.69) is 19.2 Å². The fourth-order valence-corrected chi connectivity index (χ4v) is 2.51. The summed E-state index contributed by atoms with van der Waals surface area (Å²) in [5.74, 6) is 1.41. The highest BCUT2D eigenvalue weighted by atomic mass is 16.5. The lowest BCUT2D eigenvalue weighted by molar-refractivity contribution is 0.102. The van der Waals surface area contributed by atoms with Crippen LogP contribution in [-0.4, -0.2) is 19.1 Å². The van der Waals surface area contributed by atoms with Crippen molar-refractivity contribution < 1.29 is 14.3 Å². The minimum absolute atomic E-state index is 0.146. The van der Waals surface area contributed by atoms with Gasteiger partial charge in [-0.25, -0.2) is 0 Å². The molecule has 1 amide bonds. The van der Waals surface area contributed by atoms with Gasteiger partial charge in [-0.1, -0.05) is 39.2 Å². The van der Waals surface area contributed by atoms with Crippen LogP contribution in [0.5, 0.6) is 11.5 Å². The van der Waals surface area contributed by atoms with Gasteiger partial charge in [-0.2, -0.15) is 0 Å². The summed E-state index contributed by atoms with van der Waals surface area (Å²) >= 11 is 0. The first-order chi connectivity index (χ1) is 12.7. The Bertz CT molecular complexity index is 667. The van der Waals surface area contributed by atoms with E-state index in [0.717, 1.165) is 30.0 Å². The Kier molecular flexibility index (Phi) is 8.53. The van der Waals surface area contributed by atoms with Crippen LogP contribution in [0.3, 0.4) is 0 Å². The number of ether oxygens (including phenoxy) is 2. The fourth-order valence-electron chi connectivity index (χ4n) is 2.51. The van der Waals surface area contributed by atoms with E-state index in [1.54, 1.807) is 12.1 Å². The van der Waals surface area contributed by atoms with Gasteiger partial charge in [-0.3, -0.25) is 4.79 Å². The average Bonchev–Trinajstić information content (AvgIpc) is 2.67. The van der Waals surface area contributed by atoms with Crippen molar-refractivity contribution in [3.63, 3.8) is 0 Å². The van der Waals surface area contributed by atoms with Crippen LogP contribution in [0.1, 0.15) is 56.3 Å². The molecule has 140 valence electrons. The van der Waals surface area contributed by atoms with E-state index in [-0.39, 0.29) is 5.91 Å². The normalized spacial score (nSPS) is 10.4. The van der Waals surface area contributed by atoms with Crippen molar-refractivity contribution in [1.29, 1.82) is 0 Å². The summed E-state index contributed by atoms with van der Waals surface area (Å²) < 4.78 is 11.3. The van der Waals surface area contributed by atoms with E-state index in [1.165, 1.54) is 19.3 Å². The molecule has 0 radical (unpaired) electrons. The summed E-state index contributed by atoms with van der Waals surface area (Å²) in [5.41, 5.74) is 1.33. The van der Waals surface area contributed by atoms with Crippen molar-refractivity contribution in [3.8, 4) is 11.5 Å². The van der Waals surface area contributed by atoms with Crippen molar-refractivity contribution >= 4 is 11.6 Å². The highest BCUT2D eigenvalue weighted by Gasteiger charge is 2.07. The van der Waals surface area contributed by atoms with Gasteiger partial charge >= 0.3 is 0 Å². The van der Waals surface area contributed by atoms with Crippen molar-refractivity contribution in [1.82, 2.24) is 0 Å². The zero-order valence-electron chi connectivity index (χ0n) is 15.8. The lowest BCUT2D eigenvalue weighted by atomic mass is 10.2. The summed E-state index contributed by atoms with van der Waals surface area (Å²) in [6, 6.07) is 14.7. The average molecular weight is 355 g/mol. The van der Waals surface area contributed by atoms with Crippen molar-refractivity contribution in [2.24, 2.45) is 0 Å². The number of carbonyl (C=O) groups is 1. The van der Waals surface area contributed by atoms with E-state index in [0.29, 0.717) is 18.8 Å². The Hall–Kier alpha value is -2.49. The van der Waals surface area contributed by atoms with Crippen LogP contribution in [-0.2, 0) is 0 Å². The molecule has 2 aromatic rings. The van der Waals surface area contributed by atoms with Gasteiger partial charge in [0.25, 0.3) is 5.91 Å². The molecule has 4 heteroatoms. The van der Waals surface area contributed by atoms with Crippen molar-refractivity contribution in [2.75, 3.05) is 18.5 Å². The molecule has 4 nitrogen and oxygen atoms in total. The molecule has 0 heterocycles. The van der Waals surface area contributed by atoms with Crippen LogP contribution in [0, 0.1) is 0 Å². The van der Waals surface area contributed by atoms with Crippen molar-refractivity contribution in [2.45, 2.75) is 46.0 Å². The van der Waals surface area contributed by atoms with E-state index >= 15 is 0 Å². The van der Waals surface area contributed by atoms with E-state index in [4.69, 9.17) is 9.47 Å². The Morgan fingerprint density at radius 3 is 2.35 bits per heavy atom. The number of amides is 1. The molecule has 0 aliphatic carbocycles. The Morgan fingerprint density at radius 1 is 0.846 bits per heavy atom. The number of carbonyl (C=O) groups excluding carboxylic acids is 1. The molecule has 26 heavy (non-hydrogen) atoms. The van der Waals surface area contributed by atoms with Crippen LogP contribution in [0.15, 0.2) is 48.5 Å². The molecule has 0 bridgehead atoms. The molecule has 0 spiro atoms. The maximum absolute atomic E-state index is 12.4. The topological polar surface area (TPSA) is 47.6 Å². The van der Waals surface area contributed by atoms with Crippen LogP contribution in [0.25, 0.3) is 0 Å². The lowest BCUT2D eigenvalue weighted by Crippen LogP contribution is -2.12. The molecule has 0 aliphatic rings. The molecule has 0 aromatic heterocycles. The second kappa shape index (κ2) is 11.2. The van der Waals surface area contributed by atoms with Crippen molar-refractivity contribution in [3.05, 3.63) is 54.1 Å². The van der Waals surface area contributed by atoms with Crippen LogP contribution in [0.4, 0.5) is 5.69 Å². The molecule has 0 saturated heterocycles. The summed E-state index contributed by atoms with van der Waals surface area (Å²) in [5, 5.41) is 2.91. The number of hydrogen-bond acceptors (Lipinski definition) is 3. The quantitative estimate of drug-likeness (QED) is 0.527. The predicted octanol–water partition coefficient (Wildman–Crippen LogP) is 5.69. The van der Waals surface area contributed by atoms with Gasteiger partial charge in [0.15, 0.2) is 0 Å². The molecule has 0 aliphatic heterocycles. The van der Waals surface area contributed by atoms with Crippen LogP contribution < -0.4 is 14.8 Å². The number of nitrogens with one attached hydrogen (secondary N) is 1. The standard InChI is InChI=1S/C22H29NO3/c1-3-5-6-7-16-26-21-10-8-9-19(17-21)23-22(24)18-11-13-20(14-12-18)25-15-4-2/h8-14,17H,3-7,15-16H2,1-2H3,(H,23,24). The zero-order valence-corrected chi connectivity index (χ0v) is 15.8. The zero-order chi connectivity index (χ0) is 18.6. The largest absolute Gasteiger partial charge is 0.494 e. The van der Waals surface area contributed by atoms with Gasteiger partial charge in [0, 0.05) is 17.3 Å². The smallest absolute Gasteiger partial charge is 0.255 e. The molecule has 1 N–H and O–H groups in total. The summed E-state index contributed by atoms with van der Waals surface area (Å²) in [6.07, 6.45) is 5.65. The summed E-state index contributed by atoms with van der Waals surface area (Å²) in [6.45, 7) is 5.64. The monoisotopic (exact) mass is 355 g/mol. The van der Waals surface area contributed by atoms with Crippen LogP contribution in [0.2, 0.25) is 0 Å². The van der Waals surface area contributed by atoms with Gasteiger partial charge < -0.3 is 14.8 Å². The Labute approximate surface area is 156 Å². The second-order valence-electron chi connectivity index (χ2n) is 6.26. The maximum atomic E-state index is 12.4. The minimum Gasteiger partial charge on any atom is -0.494 e. The maximum Gasteiger partial charge on any atom is 0.255 e. The molecular formula is C22H29NO3. The Morgan fingerprint density at radius 2 is 1.62 bits per heavy atom. The highest BCUT2D eigenvalue weighted by molar-refractivity contribution is 6.04. The second-order valence-corrected chi connectivity index (χ2v) is 6.26. The summed E-state index contributed by atoms with van der Waals surface area (Å²) in [7, 11) is 0. The molecule has 0 fully saturated rings. The molecule has 2 rings (SSSR count). The van der Waals surface area contributed by atoms with E-state index < -0.39 is 0 Å². The first kappa shape index (κ1) is 19.8. The highest BCUT2D eigenvalue weighted by Crippen LogP contribution is 2.19. The minimum atomic E-state index is -0.146. The molecule has 0 saturated carbocycles. The SMILES string of the molecule is CCCCCCOc1cccc(NC(=O)c2ccc(OCCC)cc2)c1. The third-order valence-electron chi connectivity index (χ3n) is 3.95. The van der Waals surface area contributed by atoms with Gasteiger partial charge in [0.05, 0.1) is 13.2 Å². The third-order valence-corrected chi connectivity index (χ3v) is 3.95. The molecular weight excluding hydrogens is 326 g/mol. The number of unbranched alkanes of at least 4 members (excludes halogenated alkanes) is 3. The molecule has 2 aromatic carbocycles. The number of rotatable bonds is 11.